The number of aromatic nitrogens is 1. The molecule has 3 nitrogen and oxygen atoms in total. The van der Waals surface area contributed by atoms with Crippen molar-refractivity contribution in [2.75, 3.05) is 20.1 Å². The fourth-order valence-electron chi connectivity index (χ4n) is 4.18. The Morgan fingerprint density at radius 3 is 2.48 bits per heavy atom. The number of hydrogen-bond acceptors (Lipinski definition) is 4. The van der Waals surface area contributed by atoms with E-state index < -0.39 is 0 Å². The summed E-state index contributed by atoms with van der Waals surface area (Å²) in [4.78, 5) is 10.7. The molecule has 0 saturated carbocycles. The third-order valence-electron chi connectivity index (χ3n) is 4.91. The van der Waals surface area contributed by atoms with Crippen LogP contribution in [0.3, 0.4) is 0 Å². The topological polar surface area (TPSA) is 19.4 Å². The minimum Gasteiger partial charge on any atom is -0.298 e. The van der Waals surface area contributed by atoms with E-state index >= 15 is 0 Å². The van der Waals surface area contributed by atoms with Crippen molar-refractivity contribution in [3.63, 3.8) is 0 Å². The zero-order chi connectivity index (χ0) is 16.2. The van der Waals surface area contributed by atoms with E-state index in [9.17, 15) is 0 Å². The fourth-order valence-corrected chi connectivity index (χ4v) is 4.83. The first-order valence-electron chi connectivity index (χ1n) is 8.47. The molecule has 1 aliphatic rings. The SMILES string of the molecule is CC1CN(Cc2ccccc2)CC(C)C1N(C)Cc1cncs1. The highest BCUT2D eigenvalue weighted by molar-refractivity contribution is 7.09. The van der Waals surface area contributed by atoms with Gasteiger partial charge < -0.3 is 0 Å². The van der Waals surface area contributed by atoms with Crippen molar-refractivity contribution < 1.29 is 0 Å². The summed E-state index contributed by atoms with van der Waals surface area (Å²) in [6.45, 7) is 9.25. The third-order valence-corrected chi connectivity index (χ3v) is 5.67. The molecule has 23 heavy (non-hydrogen) atoms. The van der Waals surface area contributed by atoms with Gasteiger partial charge in [0.1, 0.15) is 0 Å². The summed E-state index contributed by atoms with van der Waals surface area (Å²) in [7, 11) is 2.27. The van der Waals surface area contributed by atoms with Gasteiger partial charge in [-0.05, 0) is 24.4 Å². The molecular formula is C19H27N3S. The third kappa shape index (κ3) is 4.19. The van der Waals surface area contributed by atoms with Gasteiger partial charge in [0.2, 0.25) is 0 Å². The van der Waals surface area contributed by atoms with Gasteiger partial charge in [-0.2, -0.15) is 0 Å². The molecule has 2 unspecified atom stereocenters. The normalized spacial score (nSPS) is 25.8. The van der Waals surface area contributed by atoms with E-state index in [1.165, 1.54) is 23.5 Å². The Labute approximate surface area is 144 Å². The van der Waals surface area contributed by atoms with Gasteiger partial charge in [0.15, 0.2) is 0 Å². The average molecular weight is 330 g/mol. The van der Waals surface area contributed by atoms with E-state index in [4.69, 9.17) is 0 Å². The van der Waals surface area contributed by atoms with Crippen LogP contribution in [0.4, 0.5) is 0 Å². The Bertz CT molecular complexity index is 572. The Morgan fingerprint density at radius 1 is 1.17 bits per heavy atom. The molecule has 2 heterocycles. The molecular weight excluding hydrogens is 302 g/mol. The second-order valence-electron chi connectivity index (χ2n) is 7.01. The van der Waals surface area contributed by atoms with Crippen LogP contribution in [0.1, 0.15) is 24.3 Å². The first-order chi connectivity index (χ1) is 11.1. The van der Waals surface area contributed by atoms with Gasteiger partial charge in [0.25, 0.3) is 0 Å². The molecule has 0 spiro atoms. The van der Waals surface area contributed by atoms with Crippen LogP contribution in [0, 0.1) is 11.8 Å². The molecule has 0 N–H and O–H groups in total. The van der Waals surface area contributed by atoms with Gasteiger partial charge >= 0.3 is 0 Å². The Kier molecular flexibility index (Phi) is 5.46. The van der Waals surface area contributed by atoms with Gasteiger partial charge in [0, 0.05) is 43.3 Å². The number of hydrogen-bond donors (Lipinski definition) is 0. The highest BCUT2D eigenvalue weighted by Crippen LogP contribution is 2.28. The molecule has 1 saturated heterocycles. The molecule has 124 valence electrons. The summed E-state index contributed by atoms with van der Waals surface area (Å²) in [6.07, 6.45) is 2.00. The van der Waals surface area contributed by atoms with Crippen LogP contribution in [-0.2, 0) is 13.1 Å². The first kappa shape index (κ1) is 16.6. The maximum atomic E-state index is 4.20. The van der Waals surface area contributed by atoms with Crippen molar-refractivity contribution in [2.24, 2.45) is 11.8 Å². The van der Waals surface area contributed by atoms with Crippen LogP contribution in [0.2, 0.25) is 0 Å². The molecule has 0 amide bonds. The maximum absolute atomic E-state index is 4.20. The lowest BCUT2D eigenvalue weighted by Crippen LogP contribution is -2.53. The summed E-state index contributed by atoms with van der Waals surface area (Å²) in [5.74, 6) is 1.36. The lowest BCUT2D eigenvalue weighted by Gasteiger charge is -2.45. The van der Waals surface area contributed by atoms with Gasteiger partial charge in [-0.15, -0.1) is 11.3 Å². The molecule has 1 aliphatic heterocycles. The zero-order valence-corrected chi connectivity index (χ0v) is 15.2. The number of thiazole rings is 1. The molecule has 2 atom stereocenters. The number of piperidine rings is 1. The van der Waals surface area contributed by atoms with Crippen LogP contribution >= 0.6 is 11.3 Å². The molecule has 0 aliphatic carbocycles. The summed E-state index contributed by atoms with van der Waals surface area (Å²) < 4.78 is 0. The molecule has 1 fully saturated rings. The maximum Gasteiger partial charge on any atom is 0.0794 e. The van der Waals surface area contributed by atoms with Crippen LogP contribution in [0.15, 0.2) is 42.0 Å². The monoisotopic (exact) mass is 329 g/mol. The van der Waals surface area contributed by atoms with Crippen molar-refractivity contribution in [2.45, 2.75) is 33.0 Å². The van der Waals surface area contributed by atoms with Gasteiger partial charge in [-0.1, -0.05) is 44.2 Å². The average Bonchev–Trinajstić information content (AvgIpc) is 3.00. The van der Waals surface area contributed by atoms with Crippen molar-refractivity contribution in [1.29, 1.82) is 0 Å². The van der Waals surface area contributed by atoms with Crippen molar-refractivity contribution in [3.8, 4) is 0 Å². The van der Waals surface area contributed by atoms with Crippen molar-refractivity contribution >= 4 is 11.3 Å². The second kappa shape index (κ2) is 7.56. The Hall–Kier alpha value is -1.23. The molecule has 1 aromatic heterocycles. The van der Waals surface area contributed by atoms with E-state index in [0.717, 1.165) is 13.1 Å². The standard InChI is InChI=1S/C19H27N3S/c1-15-10-22(12-17-7-5-4-6-8-17)11-16(2)19(15)21(3)13-18-9-20-14-23-18/h4-9,14-16,19H,10-13H2,1-3H3. The van der Waals surface area contributed by atoms with Gasteiger partial charge in [0.05, 0.1) is 5.51 Å². The van der Waals surface area contributed by atoms with Crippen LogP contribution in [-0.4, -0.2) is 41.0 Å². The predicted octanol–water partition coefficient (Wildman–Crippen LogP) is 3.73. The van der Waals surface area contributed by atoms with E-state index in [1.54, 1.807) is 11.3 Å². The van der Waals surface area contributed by atoms with Gasteiger partial charge in [-0.25, -0.2) is 0 Å². The molecule has 0 radical (unpaired) electrons. The van der Waals surface area contributed by atoms with Gasteiger partial charge in [-0.3, -0.25) is 14.8 Å². The Balaban J connectivity index is 1.60. The van der Waals surface area contributed by atoms with E-state index in [1.807, 2.05) is 11.7 Å². The number of likely N-dealkylation sites (tertiary alicyclic amines) is 1. The van der Waals surface area contributed by atoms with E-state index in [-0.39, 0.29) is 0 Å². The lowest BCUT2D eigenvalue weighted by molar-refractivity contribution is 0.0295. The summed E-state index contributed by atoms with van der Waals surface area (Å²) in [5, 5.41) is 0. The molecule has 3 rings (SSSR count). The number of nitrogens with zero attached hydrogens (tertiary/aromatic N) is 3. The van der Waals surface area contributed by atoms with Crippen molar-refractivity contribution in [1.82, 2.24) is 14.8 Å². The van der Waals surface area contributed by atoms with Crippen LogP contribution in [0.25, 0.3) is 0 Å². The molecule has 4 heteroatoms. The molecule has 2 aromatic rings. The molecule has 0 bridgehead atoms. The molecule has 1 aromatic carbocycles. The summed E-state index contributed by atoms with van der Waals surface area (Å²) >= 11 is 1.76. The first-order valence-corrected chi connectivity index (χ1v) is 9.35. The van der Waals surface area contributed by atoms with Crippen LogP contribution in [0.5, 0.6) is 0 Å². The fraction of sp³-hybridized carbons (Fsp3) is 0.526. The summed E-state index contributed by atoms with van der Waals surface area (Å²) in [5.41, 5.74) is 3.35. The summed E-state index contributed by atoms with van der Waals surface area (Å²) in [6, 6.07) is 11.5. The predicted molar refractivity (Wildman–Crippen MR) is 97.4 cm³/mol. The smallest absolute Gasteiger partial charge is 0.0794 e. The Morgan fingerprint density at radius 2 is 1.87 bits per heavy atom. The highest BCUT2D eigenvalue weighted by Gasteiger charge is 2.34. The highest BCUT2D eigenvalue weighted by atomic mass is 32.1. The minimum atomic E-state index is 0.643. The largest absolute Gasteiger partial charge is 0.298 e. The van der Waals surface area contributed by atoms with Crippen LogP contribution < -0.4 is 0 Å². The zero-order valence-electron chi connectivity index (χ0n) is 14.4. The van der Waals surface area contributed by atoms with E-state index in [0.29, 0.717) is 17.9 Å². The second-order valence-corrected chi connectivity index (χ2v) is 7.98. The quantitative estimate of drug-likeness (QED) is 0.833. The lowest BCUT2D eigenvalue weighted by atomic mass is 9.84. The minimum absolute atomic E-state index is 0.643. The number of rotatable bonds is 5. The number of benzene rings is 1. The van der Waals surface area contributed by atoms with E-state index in [2.05, 4.69) is 66.0 Å². The van der Waals surface area contributed by atoms with Crippen molar-refractivity contribution in [3.05, 3.63) is 52.5 Å².